The van der Waals surface area contributed by atoms with E-state index in [2.05, 4.69) is 28.6 Å². The van der Waals surface area contributed by atoms with Gasteiger partial charge in [0.2, 0.25) is 0 Å². The van der Waals surface area contributed by atoms with Gasteiger partial charge in [0.15, 0.2) is 0 Å². The Bertz CT molecular complexity index is 843. The Morgan fingerprint density at radius 2 is 2.11 bits per heavy atom. The van der Waals surface area contributed by atoms with Gasteiger partial charge in [0, 0.05) is 0 Å². The third kappa shape index (κ3) is 2.48. The molecule has 0 aliphatic carbocycles. The Hall–Kier alpha value is -0.731. The van der Waals surface area contributed by atoms with Gasteiger partial charge in [-0.15, -0.1) is 0 Å². The average Bonchev–Trinajstić information content (AvgIpc) is 2.97. The van der Waals surface area contributed by atoms with Crippen molar-refractivity contribution in [3.63, 3.8) is 0 Å². The second-order valence-electron chi connectivity index (χ2n) is 3.60. The predicted molar refractivity (Wildman–Crippen MR) is 79.3 cm³/mol. The van der Waals surface area contributed by atoms with Crippen LogP contribution in [0.1, 0.15) is 0 Å². The number of thiophene rings is 1. The van der Waals surface area contributed by atoms with Gasteiger partial charge in [-0.3, -0.25) is 0 Å². The van der Waals surface area contributed by atoms with Crippen molar-refractivity contribution in [1.82, 2.24) is 7.96 Å². The second-order valence-corrected chi connectivity index (χ2v) is 8.36. The number of nitrogens with zero attached hydrogens (tertiary/aromatic N) is 2. The maximum absolute atomic E-state index is 12.3. The Kier molecular flexibility index (Phi) is 3.48. The van der Waals surface area contributed by atoms with Crippen LogP contribution in [0.4, 0.5) is 5.69 Å². The number of hydrogen-bond acceptors (Lipinski definition) is 5. The summed E-state index contributed by atoms with van der Waals surface area (Å²) in [5, 5.41) is 1.72. The molecule has 0 fully saturated rings. The minimum absolute atomic E-state index is 0.187. The molecule has 0 aliphatic heterocycles. The molecule has 0 aliphatic rings. The predicted octanol–water partition coefficient (Wildman–Crippen LogP) is 2.31. The molecule has 0 saturated carbocycles. The quantitative estimate of drug-likeness (QED) is 0.657. The molecular formula is C10H6BrN3O2S2Se. The SMILES string of the molecule is O=S(=O)(Nc1cccc2n[se]nc12)c1sccc1Br. The van der Waals surface area contributed by atoms with Gasteiger partial charge in [-0.1, -0.05) is 0 Å². The molecule has 0 radical (unpaired) electrons. The fourth-order valence-corrected chi connectivity index (χ4v) is 6.11. The van der Waals surface area contributed by atoms with Gasteiger partial charge in [-0.25, -0.2) is 0 Å². The molecule has 0 spiro atoms. The second kappa shape index (κ2) is 4.99. The fourth-order valence-electron chi connectivity index (χ4n) is 1.55. The van der Waals surface area contributed by atoms with Crippen LogP contribution in [0.5, 0.6) is 0 Å². The van der Waals surface area contributed by atoms with E-state index >= 15 is 0 Å². The van der Waals surface area contributed by atoms with Crippen molar-refractivity contribution in [2.45, 2.75) is 4.21 Å². The zero-order chi connectivity index (χ0) is 13.5. The van der Waals surface area contributed by atoms with Crippen molar-refractivity contribution in [2.75, 3.05) is 4.72 Å². The van der Waals surface area contributed by atoms with Gasteiger partial charge in [0.1, 0.15) is 0 Å². The number of rotatable bonds is 3. The number of benzene rings is 1. The van der Waals surface area contributed by atoms with Crippen LogP contribution in [0.15, 0.2) is 38.3 Å². The number of nitrogens with one attached hydrogen (secondary N) is 1. The number of aromatic nitrogens is 2. The number of halogens is 1. The first-order valence-electron chi connectivity index (χ1n) is 5.05. The summed E-state index contributed by atoms with van der Waals surface area (Å²) in [5.74, 6) is 0. The molecule has 0 amide bonds. The summed E-state index contributed by atoms with van der Waals surface area (Å²) in [4.78, 5) is 0. The van der Waals surface area contributed by atoms with Crippen molar-refractivity contribution in [3.8, 4) is 0 Å². The van der Waals surface area contributed by atoms with E-state index in [-0.39, 0.29) is 19.2 Å². The van der Waals surface area contributed by atoms with E-state index < -0.39 is 10.0 Å². The van der Waals surface area contributed by atoms with Gasteiger partial charge < -0.3 is 0 Å². The Morgan fingerprint density at radius 3 is 2.84 bits per heavy atom. The fraction of sp³-hybridized carbons (Fsp3) is 0. The maximum atomic E-state index is 12.3. The molecule has 1 aromatic carbocycles. The van der Waals surface area contributed by atoms with E-state index in [0.717, 1.165) is 16.9 Å². The van der Waals surface area contributed by atoms with Crippen molar-refractivity contribution < 1.29 is 8.42 Å². The molecule has 0 bridgehead atoms. The first-order valence-corrected chi connectivity index (χ1v) is 9.74. The molecular weight excluding hydrogens is 417 g/mol. The zero-order valence-electron chi connectivity index (χ0n) is 9.20. The Morgan fingerprint density at radius 1 is 1.26 bits per heavy atom. The van der Waals surface area contributed by atoms with Crippen molar-refractivity contribution in [2.24, 2.45) is 0 Å². The van der Waals surface area contributed by atoms with E-state index in [1.807, 2.05) is 6.07 Å². The van der Waals surface area contributed by atoms with Crippen LogP contribution in [0.3, 0.4) is 0 Å². The summed E-state index contributed by atoms with van der Waals surface area (Å²) in [6, 6.07) is 6.99. The molecule has 9 heteroatoms. The third-order valence-electron chi connectivity index (χ3n) is 2.36. The van der Waals surface area contributed by atoms with Crippen LogP contribution in [0.2, 0.25) is 0 Å². The average molecular weight is 423 g/mol. The van der Waals surface area contributed by atoms with E-state index in [0.29, 0.717) is 15.7 Å². The van der Waals surface area contributed by atoms with Gasteiger partial charge in [-0.05, 0) is 0 Å². The molecule has 1 N–H and O–H groups in total. The van der Waals surface area contributed by atoms with Crippen LogP contribution < -0.4 is 4.72 Å². The van der Waals surface area contributed by atoms with Crippen LogP contribution in [0.25, 0.3) is 11.0 Å². The normalized spacial score (nSPS) is 11.8. The molecule has 3 aromatic rings. The Labute approximate surface area is 128 Å². The van der Waals surface area contributed by atoms with Gasteiger partial charge in [-0.2, -0.15) is 0 Å². The van der Waals surface area contributed by atoms with Gasteiger partial charge in [0.25, 0.3) is 0 Å². The number of fused-ring (bicyclic) bond motifs is 1. The molecule has 0 unspecified atom stereocenters. The molecule has 5 nitrogen and oxygen atoms in total. The summed E-state index contributed by atoms with van der Waals surface area (Å²) in [7, 11) is -3.60. The third-order valence-corrected chi connectivity index (χ3v) is 7.53. The molecule has 2 heterocycles. The van der Waals surface area contributed by atoms with E-state index in [4.69, 9.17) is 0 Å². The molecule has 98 valence electrons. The van der Waals surface area contributed by atoms with Crippen molar-refractivity contribution in [1.29, 1.82) is 0 Å². The molecule has 19 heavy (non-hydrogen) atoms. The summed E-state index contributed by atoms with van der Waals surface area (Å²) in [5.41, 5.74) is 1.84. The van der Waals surface area contributed by atoms with Crippen LogP contribution in [0, 0.1) is 0 Å². The van der Waals surface area contributed by atoms with E-state index in [1.54, 1.807) is 23.6 Å². The topological polar surface area (TPSA) is 72.0 Å². The standard InChI is InChI=1S/C10H6BrN3O2S2Se/c11-6-4-5-17-10(6)18(15,16)12-7-2-1-3-8-9(7)14-19-13-8/h1-5,12H. The summed E-state index contributed by atoms with van der Waals surface area (Å²) < 4.78 is 36.4. The first kappa shape index (κ1) is 13.3. The van der Waals surface area contributed by atoms with E-state index in [1.165, 1.54) is 0 Å². The van der Waals surface area contributed by atoms with Crippen molar-refractivity contribution >= 4 is 69.0 Å². The molecule has 3 rings (SSSR count). The minimum atomic E-state index is -3.60. The van der Waals surface area contributed by atoms with Gasteiger partial charge >= 0.3 is 128 Å². The van der Waals surface area contributed by atoms with Crippen molar-refractivity contribution in [3.05, 3.63) is 34.1 Å². The number of anilines is 1. The van der Waals surface area contributed by atoms with Crippen LogP contribution >= 0.6 is 27.3 Å². The number of hydrogen-bond donors (Lipinski definition) is 1. The monoisotopic (exact) mass is 423 g/mol. The summed E-state index contributed by atoms with van der Waals surface area (Å²) >= 11 is 4.20. The number of sulfonamides is 1. The van der Waals surface area contributed by atoms with Crippen LogP contribution in [-0.2, 0) is 10.0 Å². The van der Waals surface area contributed by atoms with E-state index in [9.17, 15) is 8.42 Å². The first-order chi connectivity index (χ1) is 9.08. The Balaban J connectivity index is 2.06. The molecule has 0 atom stereocenters. The zero-order valence-corrected chi connectivity index (χ0v) is 14.1. The van der Waals surface area contributed by atoms with Gasteiger partial charge in [0.05, 0.1) is 0 Å². The molecule has 2 aromatic heterocycles. The molecule has 0 saturated heterocycles. The summed E-state index contributed by atoms with van der Waals surface area (Å²) in [6.07, 6.45) is 0. The summed E-state index contributed by atoms with van der Waals surface area (Å²) in [6.45, 7) is 0. The van der Waals surface area contributed by atoms with Crippen LogP contribution in [-0.4, -0.2) is 31.3 Å².